The number of phenols is 1. The second-order valence-corrected chi connectivity index (χ2v) is 4.72. The lowest BCUT2D eigenvalue weighted by Crippen LogP contribution is -2.40. The number of phenolic OH excluding ortho intramolecular Hbond substituents is 1. The van der Waals surface area contributed by atoms with Crippen LogP contribution in [0.1, 0.15) is 37.0 Å². The van der Waals surface area contributed by atoms with Gasteiger partial charge in [-0.15, -0.1) is 0 Å². The van der Waals surface area contributed by atoms with Crippen molar-refractivity contribution in [2.75, 3.05) is 25.4 Å². The van der Waals surface area contributed by atoms with Crippen LogP contribution in [-0.2, 0) is 0 Å². The number of carbonyl (C=O) groups is 1. The van der Waals surface area contributed by atoms with Gasteiger partial charge in [-0.25, -0.2) is 0 Å². The fourth-order valence-corrected chi connectivity index (χ4v) is 2.30. The molecule has 1 unspecified atom stereocenters. The second-order valence-electron chi connectivity index (χ2n) is 4.72. The molecule has 0 saturated carbocycles. The quantitative estimate of drug-likeness (QED) is 0.721. The fourth-order valence-electron chi connectivity index (χ4n) is 2.30. The fraction of sp³-hybridized carbons (Fsp3) is 0.533. The van der Waals surface area contributed by atoms with Crippen LogP contribution in [0.3, 0.4) is 0 Å². The zero-order valence-corrected chi connectivity index (χ0v) is 12.2. The number of carbonyl (C=O) groups excluding carboxylic acids is 1. The van der Waals surface area contributed by atoms with Crippen LogP contribution < -0.4 is 5.73 Å². The maximum atomic E-state index is 12.2. The number of rotatable bonds is 2. The molecular formula is C15H24N2O3. The Labute approximate surface area is 120 Å². The summed E-state index contributed by atoms with van der Waals surface area (Å²) in [4.78, 5) is 13.9. The van der Waals surface area contributed by atoms with Gasteiger partial charge in [0, 0.05) is 31.5 Å². The normalized spacial score (nSPS) is 18.1. The van der Waals surface area contributed by atoms with Crippen LogP contribution in [-0.4, -0.2) is 40.7 Å². The maximum absolute atomic E-state index is 12.2. The summed E-state index contributed by atoms with van der Waals surface area (Å²) in [5.74, 6) is -0.157. The first-order chi connectivity index (χ1) is 9.61. The van der Waals surface area contributed by atoms with Crippen LogP contribution in [0, 0.1) is 5.92 Å². The predicted molar refractivity (Wildman–Crippen MR) is 79.6 cm³/mol. The first kappa shape index (κ1) is 16.3. The van der Waals surface area contributed by atoms with Crippen molar-refractivity contribution in [1.29, 1.82) is 0 Å². The lowest BCUT2D eigenvalue weighted by atomic mass is 9.98. The van der Waals surface area contributed by atoms with Crippen molar-refractivity contribution in [3.05, 3.63) is 23.8 Å². The minimum absolute atomic E-state index is 0.0916. The van der Waals surface area contributed by atoms with Gasteiger partial charge in [0.25, 0.3) is 5.91 Å². The van der Waals surface area contributed by atoms with E-state index in [2.05, 4.69) is 0 Å². The lowest BCUT2D eigenvalue weighted by molar-refractivity contribution is 0.0618. The molecule has 1 aliphatic rings. The van der Waals surface area contributed by atoms with E-state index in [1.54, 1.807) is 11.0 Å². The second kappa shape index (κ2) is 7.75. The number of aromatic hydroxyl groups is 1. The van der Waals surface area contributed by atoms with Gasteiger partial charge in [-0.3, -0.25) is 4.79 Å². The van der Waals surface area contributed by atoms with Crippen LogP contribution >= 0.6 is 0 Å². The molecule has 112 valence electrons. The number of hydrogen-bond donors (Lipinski definition) is 3. The molecular weight excluding hydrogens is 256 g/mol. The van der Waals surface area contributed by atoms with Gasteiger partial charge in [-0.1, -0.05) is 13.8 Å². The van der Waals surface area contributed by atoms with Gasteiger partial charge in [-0.2, -0.15) is 0 Å². The summed E-state index contributed by atoms with van der Waals surface area (Å²) in [5.41, 5.74) is 6.22. The molecule has 0 spiro atoms. The minimum Gasteiger partial charge on any atom is -0.507 e. The number of aliphatic hydroxyl groups excluding tert-OH is 1. The molecule has 0 radical (unpaired) electrons. The molecule has 1 saturated heterocycles. The Kier molecular flexibility index (Phi) is 6.31. The van der Waals surface area contributed by atoms with Gasteiger partial charge in [0.2, 0.25) is 0 Å². The summed E-state index contributed by atoms with van der Waals surface area (Å²) < 4.78 is 0. The summed E-state index contributed by atoms with van der Waals surface area (Å²) in [7, 11) is 0. The van der Waals surface area contributed by atoms with Crippen LogP contribution in [0.15, 0.2) is 18.2 Å². The van der Waals surface area contributed by atoms with Crippen molar-refractivity contribution in [3.8, 4) is 5.75 Å². The van der Waals surface area contributed by atoms with E-state index in [-0.39, 0.29) is 29.7 Å². The van der Waals surface area contributed by atoms with Crippen molar-refractivity contribution in [2.24, 2.45) is 5.92 Å². The Morgan fingerprint density at radius 2 is 2.15 bits per heavy atom. The highest BCUT2D eigenvalue weighted by Crippen LogP contribution is 2.24. The summed E-state index contributed by atoms with van der Waals surface area (Å²) in [5, 5.41) is 18.9. The maximum Gasteiger partial charge on any atom is 0.257 e. The molecule has 1 aromatic carbocycles. The SMILES string of the molecule is CC.Nc1ccc(C(=O)N2CCCC(CO)C2)c(O)c1. The van der Waals surface area contributed by atoms with Gasteiger partial charge >= 0.3 is 0 Å². The predicted octanol–water partition coefficient (Wildman–Crippen LogP) is 1.85. The van der Waals surface area contributed by atoms with Gasteiger partial charge in [0.1, 0.15) is 5.75 Å². The van der Waals surface area contributed by atoms with Gasteiger partial charge in [-0.05, 0) is 30.9 Å². The average Bonchev–Trinajstić information content (AvgIpc) is 2.49. The smallest absolute Gasteiger partial charge is 0.257 e. The van der Waals surface area contributed by atoms with E-state index in [4.69, 9.17) is 10.8 Å². The molecule has 1 atom stereocenters. The largest absolute Gasteiger partial charge is 0.507 e. The first-order valence-electron chi connectivity index (χ1n) is 7.10. The summed E-state index contributed by atoms with van der Waals surface area (Å²) in [6, 6.07) is 4.51. The molecule has 4 N–H and O–H groups in total. The standard InChI is InChI=1S/C13H18N2O3.C2H6/c14-10-3-4-11(12(17)6-10)13(18)15-5-1-2-9(7-15)8-16;1-2/h3-4,6,9,16-17H,1-2,5,7-8,14H2;1-2H3. The van der Waals surface area contributed by atoms with Crippen LogP contribution in [0.4, 0.5) is 5.69 Å². The van der Waals surface area contributed by atoms with Crippen molar-refractivity contribution in [3.63, 3.8) is 0 Å². The molecule has 0 aromatic heterocycles. The van der Waals surface area contributed by atoms with E-state index >= 15 is 0 Å². The zero-order valence-electron chi connectivity index (χ0n) is 12.2. The van der Waals surface area contributed by atoms with E-state index in [9.17, 15) is 9.90 Å². The highest BCUT2D eigenvalue weighted by molar-refractivity contribution is 5.97. The topological polar surface area (TPSA) is 86.8 Å². The van der Waals surface area contributed by atoms with E-state index < -0.39 is 0 Å². The Morgan fingerprint density at radius 3 is 2.75 bits per heavy atom. The van der Waals surface area contributed by atoms with Crippen molar-refractivity contribution >= 4 is 11.6 Å². The molecule has 1 fully saturated rings. The Bertz CT molecular complexity index is 449. The van der Waals surface area contributed by atoms with Gasteiger partial charge in [0.05, 0.1) is 5.56 Å². The van der Waals surface area contributed by atoms with Gasteiger partial charge in [0.15, 0.2) is 0 Å². The molecule has 2 rings (SSSR count). The van der Waals surface area contributed by atoms with Crippen LogP contribution in [0.2, 0.25) is 0 Å². The highest BCUT2D eigenvalue weighted by Gasteiger charge is 2.25. The summed E-state index contributed by atoms with van der Waals surface area (Å²) in [6.45, 7) is 5.30. The molecule has 1 heterocycles. The van der Waals surface area contributed by atoms with Gasteiger partial charge < -0.3 is 20.8 Å². The lowest BCUT2D eigenvalue weighted by Gasteiger charge is -2.32. The number of piperidine rings is 1. The molecule has 1 aromatic rings. The molecule has 0 bridgehead atoms. The highest BCUT2D eigenvalue weighted by atomic mass is 16.3. The number of nitrogen functional groups attached to an aromatic ring is 1. The summed E-state index contributed by atoms with van der Waals surface area (Å²) >= 11 is 0. The number of anilines is 1. The number of benzene rings is 1. The third-order valence-electron chi connectivity index (χ3n) is 3.32. The Hall–Kier alpha value is -1.75. The Morgan fingerprint density at radius 1 is 1.45 bits per heavy atom. The number of amides is 1. The van der Waals surface area contributed by atoms with E-state index in [0.717, 1.165) is 12.8 Å². The first-order valence-corrected chi connectivity index (χ1v) is 7.10. The van der Waals surface area contributed by atoms with Crippen LogP contribution in [0.25, 0.3) is 0 Å². The number of nitrogens with two attached hydrogens (primary N) is 1. The third kappa shape index (κ3) is 3.87. The summed E-state index contributed by atoms with van der Waals surface area (Å²) in [6.07, 6.45) is 1.82. The van der Waals surface area contributed by atoms with E-state index in [1.165, 1.54) is 12.1 Å². The molecule has 1 aliphatic heterocycles. The molecule has 5 nitrogen and oxygen atoms in total. The number of aliphatic hydroxyl groups is 1. The molecule has 5 heteroatoms. The van der Waals surface area contributed by atoms with Crippen molar-refractivity contribution in [2.45, 2.75) is 26.7 Å². The number of likely N-dealkylation sites (tertiary alicyclic amines) is 1. The average molecular weight is 280 g/mol. The van der Waals surface area contributed by atoms with E-state index in [1.807, 2.05) is 13.8 Å². The van der Waals surface area contributed by atoms with E-state index in [0.29, 0.717) is 18.8 Å². The monoisotopic (exact) mass is 280 g/mol. The zero-order chi connectivity index (χ0) is 15.1. The number of hydrogen-bond acceptors (Lipinski definition) is 4. The third-order valence-corrected chi connectivity index (χ3v) is 3.32. The molecule has 0 aliphatic carbocycles. The minimum atomic E-state index is -0.203. The Balaban J connectivity index is 0.000000956. The number of nitrogens with zero attached hydrogens (tertiary/aromatic N) is 1. The molecule has 20 heavy (non-hydrogen) atoms. The van der Waals surface area contributed by atoms with Crippen molar-refractivity contribution < 1.29 is 15.0 Å². The molecule has 1 amide bonds. The van der Waals surface area contributed by atoms with Crippen molar-refractivity contribution in [1.82, 2.24) is 4.90 Å². The van der Waals surface area contributed by atoms with Crippen LogP contribution in [0.5, 0.6) is 5.75 Å².